The number of alkyl halides is 6. The first kappa shape index (κ1) is 26.6. The molecule has 1 heterocycles. The number of allylic oxidation sites excluding steroid dienone is 3. The number of hydrogen-bond acceptors (Lipinski definition) is 3. The van der Waals surface area contributed by atoms with Gasteiger partial charge < -0.3 is 10.6 Å². The highest BCUT2D eigenvalue weighted by Crippen LogP contribution is 2.36. The van der Waals surface area contributed by atoms with Gasteiger partial charge in [0.05, 0.1) is 16.6 Å². The summed E-state index contributed by atoms with van der Waals surface area (Å²) in [6, 6.07) is -0.373. The van der Waals surface area contributed by atoms with E-state index in [0.717, 1.165) is 18.2 Å². The lowest BCUT2D eigenvalue weighted by Gasteiger charge is -2.25. The van der Waals surface area contributed by atoms with Crippen molar-refractivity contribution in [3.63, 3.8) is 0 Å². The largest absolute Gasteiger partial charge is 0.416 e. The molecule has 1 unspecified atom stereocenters. The van der Waals surface area contributed by atoms with E-state index in [9.17, 15) is 40.1 Å². The van der Waals surface area contributed by atoms with Crippen LogP contribution < -0.4 is 10.6 Å². The monoisotopic (exact) mass is 536 g/mol. The molecule has 0 aromatic heterocycles. The van der Waals surface area contributed by atoms with Crippen LogP contribution in [0.4, 0.5) is 26.3 Å². The van der Waals surface area contributed by atoms with Gasteiger partial charge in [0.1, 0.15) is 5.57 Å². The minimum absolute atomic E-state index is 0.0624. The molecule has 0 radical (unpaired) electrons. The highest BCUT2D eigenvalue weighted by molar-refractivity contribution is 7.86. The second-order valence-corrected chi connectivity index (χ2v) is 9.41. The standard InChI is InChI=1S/C22H15ClF6N2O3S/c23-17-8-12(4-6-16(17)20(33)30-15-10-35(34)11-15)5-7-18(32)31-19(22(27,28)29)13-2-1-3-14(9-13)21(24,25)26/h1-3,5,7-9,15,19H,10-11H2,(H,30,33)(H,31,32). The maximum Gasteiger partial charge on any atom is 0.416 e. The van der Waals surface area contributed by atoms with Crippen LogP contribution in [0.15, 0.2) is 70.1 Å². The van der Waals surface area contributed by atoms with Crippen LogP contribution in [0, 0.1) is 0 Å². The molecule has 1 aliphatic heterocycles. The Morgan fingerprint density at radius 3 is 2.40 bits per heavy atom. The molecule has 1 atom stereocenters. The zero-order valence-electron chi connectivity index (χ0n) is 17.4. The van der Waals surface area contributed by atoms with Crippen LogP contribution in [-0.2, 0) is 26.6 Å². The van der Waals surface area contributed by atoms with Crippen molar-refractivity contribution < 1.29 is 40.1 Å². The van der Waals surface area contributed by atoms with Gasteiger partial charge in [-0.1, -0.05) is 35.2 Å². The van der Waals surface area contributed by atoms with Crippen molar-refractivity contribution in [2.75, 3.05) is 11.5 Å². The quantitative estimate of drug-likeness (QED) is 0.328. The summed E-state index contributed by atoms with van der Waals surface area (Å²) >= 11 is 6.04. The first-order chi connectivity index (χ1) is 16.2. The van der Waals surface area contributed by atoms with E-state index in [0.29, 0.717) is 29.7 Å². The molecule has 35 heavy (non-hydrogen) atoms. The smallest absolute Gasteiger partial charge is 0.347 e. The predicted molar refractivity (Wildman–Crippen MR) is 115 cm³/mol. The van der Waals surface area contributed by atoms with E-state index in [4.69, 9.17) is 11.6 Å². The van der Waals surface area contributed by atoms with Crippen molar-refractivity contribution in [2.24, 2.45) is 0 Å². The number of rotatable bonds is 6. The highest BCUT2D eigenvalue weighted by Gasteiger charge is 2.42. The summed E-state index contributed by atoms with van der Waals surface area (Å²) in [4.78, 5) is 24.3. The number of carbonyl (C=O) groups is 2. The van der Waals surface area contributed by atoms with E-state index < -0.39 is 52.1 Å². The zero-order chi connectivity index (χ0) is 26.0. The number of halogens is 7. The number of hydrogen-bond donors (Lipinski definition) is 2. The lowest BCUT2D eigenvalue weighted by molar-refractivity contribution is -0.162. The molecule has 2 N–H and O–H groups in total. The summed E-state index contributed by atoms with van der Waals surface area (Å²) in [5.41, 5.74) is 2.98. The third-order valence-electron chi connectivity index (χ3n) is 4.76. The minimum Gasteiger partial charge on any atom is -0.347 e. The molecular formula is C22H15ClF6N2O3S. The highest BCUT2D eigenvalue weighted by atomic mass is 35.5. The van der Waals surface area contributed by atoms with Gasteiger partial charge in [-0.15, -0.1) is 0 Å². The Balaban J connectivity index is 1.74. The fourth-order valence-electron chi connectivity index (χ4n) is 3.04. The molecule has 5 nitrogen and oxygen atoms in total. The summed E-state index contributed by atoms with van der Waals surface area (Å²) in [5.74, 6) is -1.17. The predicted octanol–water partition coefficient (Wildman–Crippen LogP) is 3.97. The molecule has 0 bridgehead atoms. The molecule has 186 valence electrons. The first-order valence-corrected chi connectivity index (χ1v) is 11.6. The van der Waals surface area contributed by atoms with Crippen LogP contribution in [0.1, 0.15) is 17.2 Å². The third kappa shape index (κ3) is 6.99. The fraction of sp³-hybridized carbons (Fsp3) is 0.273. The van der Waals surface area contributed by atoms with Crippen LogP contribution in [0.3, 0.4) is 0 Å². The van der Waals surface area contributed by atoms with Crippen molar-refractivity contribution in [2.45, 2.75) is 24.4 Å². The van der Waals surface area contributed by atoms with Crippen LogP contribution >= 0.6 is 11.6 Å². The molecule has 2 amide bonds. The second-order valence-electron chi connectivity index (χ2n) is 7.46. The maximum absolute atomic E-state index is 13.5. The molecule has 1 saturated heterocycles. The van der Waals surface area contributed by atoms with Crippen molar-refractivity contribution in [1.82, 2.24) is 10.6 Å². The van der Waals surface area contributed by atoms with Crippen molar-refractivity contribution >= 4 is 34.2 Å². The van der Waals surface area contributed by atoms with Crippen LogP contribution in [-0.4, -0.2) is 39.7 Å². The normalized spacial score (nSPS) is 20.9. The van der Waals surface area contributed by atoms with Crippen molar-refractivity contribution in [1.29, 1.82) is 0 Å². The fourth-order valence-corrected chi connectivity index (χ4v) is 4.26. The molecule has 3 rings (SSSR count). The Kier molecular flexibility index (Phi) is 7.81. The van der Waals surface area contributed by atoms with Gasteiger partial charge in [0, 0.05) is 34.0 Å². The Morgan fingerprint density at radius 1 is 1.14 bits per heavy atom. The van der Waals surface area contributed by atoms with Gasteiger partial charge in [0.25, 0.3) is 5.91 Å². The van der Waals surface area contributed by atoms with E-state index in [1.807, 2.05) is 0 Å². The lowest BCUT2D eigenvalue weighted by atomic mass is 10.0. The van der Waals surface area contributed by atoms with Gasteiger partial charge in [-0.3, -0.25) is 13.8 Å². The van der Waals surface area contributed by atoms with Gasteiger partial charge in [-0.25, -0.2) is 0 Å². The molecule has 2 aliphatic rings. The van der Waals surface area contributed by atoms with E-state index in [1.165, 1.54) is 6.08 Å². The molecular weight excluding hydrogens is 522 g/mol. The van der Waals surface area contributed by atoms with Crippen molar-refractivity contribution in [3.8, 4) is 0 Å². The Bertz CT molecular complexity index is 1230. The van der Waals surface area contributed by atoms with Gasteiger partial charge >= 0.3 is 12.4 Å². The summed E-state index contributed by atoms with van der Waals surface area (Å²) in [5, 5.41) is 4.18. The molecule has 1 fully saturated rings. The molecule has 0 saturated carbocycles. The summed E-state index contributed by atoms with van der Waals surface area (Å²) < 4.78 is 90.1. The number of amides is 2. The zero-order valence-corrected chi connectivity index (χ0v) is 19.0. The lowest BCUT2D eigenvalue weighted by Crippen LogP contribution is -2.50. The van der Waals surface area contributed by atoms with E-state index in [-0.39, 0.29) is 22.2 Å². The Labute approximate surface area is 202 Å². The summed E-state index contributed by atoms with van der Waals surface area (Å²) in [6.07, 6.45) is -6.94. The maximum atomic E-state index is 13.5. The van der Waals surface area contributed by atoms with Crippen molar-refractivity contribution in [3.05, 3.63) is 81.3 Å². The number of nitrogens with one attached hydrogen (secondary N) is 2. The summed E-state index contributed by atoms with van der Waals surface area (Å²) in [7, 11) is -0.972. The molecule has 0 spiro atoms. The average molecular weight is 537 g/mol. The van der Waals surface area contributed by atoms with E-state index in [2.05, 4.69) is 16.8 Å². The van der Waals surface area contributed by atoms with Crippen LogP contribution in [0.2, 0.25) is 0 Å². The second kappa shape index (κ2) is 10.3. The van der Waals surface area contributed by atoms with E-state index in [1.54, 1.807) is 5.32 Å². The van der Waals surface area contributed by atoms with Gasteiger partial charge in [-0.05, 0) is 29.8 Å². The van der Waals surface area contributed by atoms with Crippen LogP contribution in [0.25, 0.3) is 0 Å². The summed E-state index contributed by atoms with van der Waals surface area (Å²) in [6.45, 7) is 0. The first-order valence-electron chi connectivity index (χ1n) is 9.76. The SMILES string of the molecule is O=C(C=CC1=C=C=C(C(=O)NC2CS(=O)C2)C(Cl)=C1)NC(c1cccc(C(F)(F)F)c1)C(F)(F)F. The van der Waals surface area contributed by atoms with Gasteiger partial charge in [0.15, 0.2) is 6.04 Å². The topological polar surface area (TPSA) is 75.3 Å². The minimum atomic E-state index is -5.07. The van der Waals surface area contributed by atoms with Crippen LogP contribution in [0.5, 0.6) is 0 Å². The Hall–Kier alpha value is -3.04. The van der Waals surface area contributed by atoms with Gasteiger partial charge in [-0.2, -0.15) is 26.3 Å². The van der Waals surface area contributed by atoms with E-state index >= 15 is 0 Å². The number of carbonyl (C=O) groups excluding carboxylic acids is 2. The molecule has 1 aromatic rings. The Morgan fingerprint density at radius 2 is 1.83 bits per heavy atom. The molecule has 1 aliphatic carbocycles. The third-order valence-corrected chi connectivity index (χ3v) is 6.61. The number of benzene rings is 1. The average Bonchev–Trinajstić information content (AvgIpc) is 2.73. The van der Waals surface area contributed by atoms with Gasteiger partial charge in [0.2, 0.25) is 5.91 Å². The molecule has 1 aromatic carbocycles. The molecule has 13 heteroatoms.